The Morgan fingerprint density at radius 1 is 1.43 bits per heavy atom. The molecule has 1 fully saturated rings. The summed E-state index contributed by atoms with van der Waals surface area (Å²) in [6.45, 7) is 2.47. The Morgan fingerprint density at radius 2 is 2.29 bits per heavy atom. The Bertz CT molecular complexity index is 557. The van der Waals surface area contributed by atoms with Gasteiger partial charge in [-0.1, -0.05) is 11.8 Å². The maximum absolute atomic E-state index is 12.2. The molecule has 0 saturated carbocycles. The van der Waals surface area contributed by atoms with Gasteiger partial charge in [-0.05, 0) is 30.7 Å². The average molecular weight is 321 g/mol. The lowest BCUT2D eigenvalue weighted by Gasteiger charge is -2.21. The van der Waals surface area contributed by atoms with E-state index in [1.807, 2.05) is 42.6 Å². The second kappa shape index (κ2) is 8.38. The molecule has 1 aliphatic rings. The number of aliphatic hydroxyl groups excluding tert-OH is 1. The van der Waals surface area contributed by atoms with Crippen molar-refractivity contribution in [2.45, 2.75) is 12.2 Å². The van der Waals surface area contributed by atoms with Crippen LogP contribution in [0, 0.1) is 18.8 Å². The molecule has 1 unspecified atom stereocenters. The summed E-state index contributed by atoms with van der Waals surface area (Å²) in [4.78, 5) is 12.2. The van der Waals surface area contributed by atoms with Crippen LogP contribution in [0.5, 0.6) is 0 Å². The lowest BCUT2D eigenvalue weighted by atomic mass is 10.1. The van der Waals surface area contributed by atoms with Crippen LogP contribution in [0.2, 0.25) is 0 Å². The van der Waals surface area contributed by atoms with Crippen molar-refractivity contribution in [3.05, 3.63) is 34.9 Å². The first-order valence-corrected chi connectivity index (χ1v) is 9.08. The fraction of sp³-hybridized carbons (Fsp3) is 0.438. The van der Waals surface area contributed by atoms with Crippen LogP contribution in [0.4, 0.5) is 0 Å². The highest BCUT2D eigenvalue weighted by atomic mass is 32.2. The number of benzene rings is 1. The number of aliphatic hydroxyl groups is 1. The van der Waals surface area contributed by atoms with E-state index in [0.717, 1.165) is 22.6 Å². The molecule has 2 rings (SSSR count). The van der Waals surface area contributed by atoms with Crippen molar-refractivity contribution in [3.8, 4) is 11.8 Å². The van der Waals surface area contributed by atoms with Crippen molar-refractivity contribution in [2.24, 2.45) is 0 Å². The van der Waals surface area contributed by atoms with Gasteiger partial charge < -0.3 is 10.4 Å². The molecular formula is C16H19NO2S2. The van der Waals surface area contributed by atoms with E-state index >= 15 is 0 Å². The zero-order chi connectivity index (χ0) is 15.1. The van der Waals surface area contributed by atoms with E-state index in [4.69, 9.17) is 5.11 Å². The van der Waals surface area contributed by atoms with Crippen LogP contribution in [0.1, 0.15) is 21.5 Å². The van der Waals surface area contributed by atoms with Crippen LogP contribution in [0.25, 0.3) is 0 Å². The summed E-state index contributed by atoms with van der Waals surface area (Å²) in [5.74, 6) is 8.88. The largest absolute Gasteiger partial charge is 0.384 e. The Morgan fingerprint density at radius 3 is 3.00 bits per heavy atom. The second-order valence-corrected chi connectivity index (χ2v) is 7.38. The average Bonchev–Trinajstić information content (AvgIpc) is 2.51. The van der Waals surface area contributed by atoms with Gasteiger partial charge in [-0.2, -0.15) is 23.5 Å². The number of carbonyl (C=O) groups is 1. The lowest BCUT2D eigenvalue weighted by Crippen LogP contribution is -2.33. The molecule has 0 aliphatic carbocycles. The second-order valence-electron chi connectivity index (χ2n) is 4.83. The van der Waals surface area contributed by atoms with Crippen molar-refractivity contribution in [1.82, 2.24) is 5.32 Å². The van der Waals surface area contributed by atoms with E-state index in [2.05, 4.69) is 17.2 Å². The summed E-state index contributed by atoms with van der Waals surface area (Å²) in [6, 6.07) is 5.54. The van der Waals surface area contributed by atoms with E-state index in [1.54, 1.807) is 6.07 Å². The SMILES string of the molecule is Cc1cc(C#CCO)cc(C(=O)NCC2CSCCS2)c1. The highest BCUT2D eigenvalue weighted by molar-refractivity contribution is 8.06. The zero-order valence-corrected chi connectivity index (χ0v) is 13.6. The molecule has 1 saturated heterocycles. The number of rotatable bonds is 3. The summed E-state index contributed by atoms with van der Waals surface area (Å²) in [5.41, 5.74) is 2.38. The minimum absolute atomic E-state index is 0.0538. The normalized spacial score (nSPS) is 17.7. The van der Waals surface area contributed by atoms with Gasteiger partial charge in [0.1, 0.15) is 6.61 Å². The van der Waals surface area contributed by atoms with Gasteiger partial charge in [-0.15, -0.1) is 0 Å². The highest BCUT2D eigenvalue weighted by Crippen LogP contribution is 2.23. The Hall–Kier alpha value is -1.09. The molecular weight excluding hydrogens is 302 g/mol. The van der Waals surface area contributed by atoms with Crippen LogP contribution in [0.3, 0.4) is 0 Å². The summed E-state index contributed by atoms with van der Waals surface area (Å²) in [5, 5.41) is 12.3. The van der Waals surface area contributed by atoms with E-state index in [9.17, 15) is 4.79 Å². The fourth-order valence-corrected chi connectivity index (χ4v) is 4.70. The first-order chi connectivity index (χ1) is 10.2. The number of carbonyl (C=O) groups excluding carboxylic acids is 1. The molecule has 1 amide bonds. The van der Waals surface area contributed by atoms with Gasteiger partial charge in [0.15, 0.2) is 0 Å². The van der Waals surface area contributed by atoms with Gasteiger partial charge in [0.2, 0.25) is 0 Å². The van der Waals surface area contributed by atoms with Crippen LogP contribution in [-0.2, 0) is 0 Å². The fourth-order valence-electron chi connectivity index (χ4n) is 2.09. The first kappa shape index (κ1) is 16.3. The van der Waals surface area contributed by atoms with Crippen LogP contribution < -0.4 is 5.32 Å². The third-order valence-electron chi connectivity index (χ3n) is 3.03. The molecule has 1 aromatic carbocycles. The minimum Gasteiger partial charge on any atom is -0.384 e. The Kier molecular flexibility index (Phi) is 6.50. The van der Waals surface area contributed by atoms with E-state index < -0.39 is 0 Å². The van der Waals surface area contributed by atoms with Crippen LogP contribution >= 0.6 is 23.5 Å². The van der Waals surface area contributed by atoms with Gasteiger partial charge in [-0.25, -0.2) is 0 Å². The van der Waals surface area contributed by atoms with Gasteiger partial charge in [0, 0.05) is 40.2 Å². The van der Waals surface area contributed by atoms with Crippen molar-refractivity contribution in [3.63, 3.8) is 0 Å². The van der Waals surface area contributed by atoms with E-state index in [-0.39, 0.29) is 12.5 Å². The molecule has 0 radical (unpaired) electrons. The van der Waals surface area contributed by atoms with Gasteiger partial charge >= 0.3 is 0 Å². The molecule has 1 aromatic rings. The Labute approximate surface area is 134 Å². The van der Waals surface area contributed by atoms with Crippen molar-refractivity contribution < 1.29 is 9.90 Å². The molecule has 112 valence electrons. The topological polar surface area (TPSA) is 49.3 Å². The van der Waals surface area contributed by atoms with Crippen LogP contribution in [0.15, 0.2) is 18.2 Å². The molecule has 1 atom stereocenters. The lowest BCUT2D eigenvalue weighted by molar-refractivity contribution is 0.0954. The predicted octanol–water partition coefficient (Wildman–Crippen LogP) is 1.92. The quantitative estimate of drug-likeness (QED) is 0.835. The molecule has 5 heteroatoms. The number of hydrogen-bond acceptors (Lipinski definition) is 4. The van der Waals surface area contributed by atoms with Crippen molar-refractivity contribution in [2.75, 3.05) is 30.4 Å². The van der Waals surface area contributed by atoms with Gasteiger partial charge in [-0.3, -0.25) is 4.79 Å². The maximum Gasteiger partial charge on any atom is 0.251 e. The minimum atomic E-state index is -0.175. The molecule has 0 spiro atoms. The smallest absolute Gasteiger partial charge is 0.251 e. The van der Waals surface area contributed by atoms with Gasteiger partial charge in [0.25, 0.3) is 5.91 Å². The van der Waals surface area contributed by atoms with Gasteiger partial charge in [0.05, 0.1) is 0 Å². The number of hydrogen-bond donors (Lipinski definition) is 2. The number of amides is 1. The summed E-state index contributed by atoms with van der Waals surface area (Å²) < 4.78 is 0. The number of thioether (sulfide) groups is 2. The number of nitrogens with one attached hydrogen (secondary N) is 1. The molecule has 3 nitrogen and oxygen atoms in total. The first-order valence-electron chi connectivity index (χ1n) is 6.88. The molecule has 0 bridgehead atoms. The van der Waals surface area contributed by atoms with E-state index in [0.29, 0.717) is 17.4 Å². The molecule has 1 aliphatic heterocycles. The predicted molar refractivity (Wildman–Crippen MR) is 91.0 cm³/mol. The van der Waals surface area contributed by atoms with E-state index in [1.165, 1.54) is 5.75 Å². The molecule has 21 heavy (non-hydrogen) atoms. The Balaban J connectivity index is 1.99. The van der Waals surface area contributed by atoms with Crippen molar-refractivity contribution in [1.29, 1.82) is 0 Å². The maximum atomic E-state index is 12.2. The summed E-state index contributed by atoms with van der Waals surface area (Å²) in [6.07, 6.45) is 0. The zero-order valence-electron chi connectivity index (χ0n) is 12.0. The summed E-state index contributed by atoms with van der Waals surface area (Å²) >= 11 is 3.88. The highest BCUT2D eigenvalue weighted by Gasteiger charge is 2.15. The monoisotopic (exact) mass is 321 g/mol. The summed E-state index contributed by atoms with van der Waals surface area (Å²) in [7, 11) is 0. The molecule has 1 heterocycles. The third-order valence-corrected chi connectivity index (χ3v) is 5.87. The van der Waals surface area contributed by atoms with Crippen molar-refractivity contribution >= 4 is 29.4 Å². The molecule has 2 N–H and O–H groups in total. The molecule has 0 aromatic heterocycles. The van der Waals surface area contributed by atoms with Crippen LogP contribution in [-0.4, -0.2) is 46.7 Å². The standard InChI is InChI=1S/C16H19NO2S2/c1-12-7-13(3-2-4-18)9-14(8-12)16(19)17-10-15-11-20-5-6-21-15/h7-9,15,18H,4-6,10-11H2,1H3,(H,17,19). The number of aryl methyl sites for hydroxylation is 1. The third kappa shape index (κ3) is 5.31.